The minimum atomic E-state index is 0.491. The van der Waals surface area contributed by atoms with Crippen LogP contribution in [0.3, 0.4) is 0 Å². The van der Waals surface area contributed by atoms with Crippen LogP contribution in [-0.4, -0.2) is 9.97 Å². The fraction of sp³-hybridized carbons (Fsp3) is 0.625. The average molecular weight is 171 g/mol. The number of hydrogen-bond donors (Lipinski definition) is 1. The minimum absolute atomic E-state index is 0.491. The molecule has 1 aliphatic rings. The van der Waals surface area contributed by atoms with E-state index >= 15 is 0 Å². The van der Waals surface area contributed by atoms with Crippen LogP contribution in [0.1, 0.15) is 24.4 Å². The number of aromatic nitrogens is 2. The molecular weight excluding hydrogens is 160 g/mol. The summed E-state index contributed by atoms with van der Waals surface area (Å²) in [6.45, 7) is 0. The molecule has 1 N–H and O–H groups in total. The van der Waals surface area contributed by atoms with Crippen molar-refractivity contribution in [2.24, 2.45) is 5.92 Å². The Hall–Kier alpha value is -0.500. The van der Waals surface area contributed by atoms with Crippen LogP contribution in [0.15, 0.2) is 6.20 Å². The second-order valence-electron chi connectivity index (χ2n) is 3.14. The highest BCUT2D eigenvalue weighted by Gasteiger charge is 2.22. The lowest BCUT2D eigenvalue weighted by Crippen LogP contribution is -1.87. The largest absolute Gasteiger partial charge is 0.345 e. The molecule has 1 fully saturated rings. The van der Waals surface area contributed by atoms with Crippen LogP contribution in [0, 0.1) is 5.92 Å². The summed E-state index contributed by atoms with van der Waals surface area (Å²) in [4.78, 5) is 7.32. The Bertz CT molecular complexity index is 240. The molecule has 0 atom stereocenters. The molecule has 11 heavy (non-hydrogen) atoms. The number of hydrogen-bond acceptors (Lipinski definition) is 1. The zero-order chi connectivity index (χ0) is 7.68. The quantitative estimate of drug-likeness (QED) is 0.692. The molecule has 60 valence electrons. The van der Waals surface area contributed by atoms with E-state index in [0.29, 0.717) is 5.88 Å². The van der Waals surface area contributed by atoms with Gasteiger partial charge in [-0.15, -0.1) is 11.6 Å². The van der Waals surface area contributed by atoms with Gasteiger partial charge in [-0.05, 0) is 25.2 Å². The van der Waals surface area contributed by atoms with Gasteiger partial charge in [0.05, 0.1) is 5.88 Å². The van der Waals surface area contributed by atoms with Gasteiger partial charge < -0.3 is 4.98 Å². The topological polar surface area (TPSA) is 28.7 Å². The summed E-state index contributed by atoms with van der Waals surface area (Å²) < 4.78 is 0. The highest BCUT2D eigenvalue weighted by Crippen LogP contribution is 2.31. The normalized spacial score (nSPS) is 17.2. The summed E-state index contributed by atoms with van der Waals surface area (Å²) in [5.41, 5.74) is 1.24. The molecule has 1 aromatic heterocycles. The maximum absolute atomic E-state index is 5.60. The highest BCUT2D eigenvalue weighted by atomic mass is 35.5. The predicted octanol–water partition coefficient (Wildman–Crippen LogP) is 2.10. The summed E-state index contributed by atoms with van der Waals surface area (Å²) in [5.74, 6) is 2.30. The Morgan fingerprint density at radius 1 is 1.64 bits per heavy atom. The summed E-state index contributed by atoms with van der Waals surface area (Å²) >= 11 is 5.60. The summed E-state index contributed by atoms with van der Waals surface area (Å²) in [7, 11) is 0. The van der Waals surface area contributed by atoms with Crippen molar-refractivity contribution in [2.45, 2.75) is 25.1 Å². The maximum atomic E-state index is 5.60. The predicted molar refractivity (Wildman–Crippen MR) is 44.6 cm³/mol. The molecule has 0 aromatic carbocycles. The molecule has 2 rings (SSSR count). The van der Waals surface area contributed by atoms with E-state index in [0.717, 1.165) is 18.2 Å². The number of alkyl halides is 1. The zero-order valence-corrected chi connectivity index (χ0v) is 7.06. The lowest BCUT2D eigenvalue weighted by Gasteiger charge is -1.90. The van der Waals surface area contributed by atoms with Crippen LogP contribution in [0.2, 0.25) is 0 Å². The maximum Gasteiger partial charge on any atom is 0.121 e. The van der Waals surface area contributed by atoms with E-state index in [-0.39, 0.29) is 0 Å². The van der Waals surface area contributed by atoms with Gasteiger partial charge in [0.1, 0.15) is 5.82 Å². The van der Waals surface area contributed by atoms with Crippen molar-refractivity contribution in [1.29, 1.82) is 0 Å². The Labute approximate surface area is 71.0 Å². The van der Waals surface area contributed by atoms with E-state index in [2.05, 4.69) is 9.97 Å². The van der Waals surface area contributed by atoms with E-state index in [1.807, 2.05) is 6.20 Å². The molecule has 0 amide bonds. The molecule has 3 heteroatoms. The highest BCUT2D eigenvalue weighted by molar-refractivity contribution is 6.16. The number of imidazole rings is 1. The minimum Gasteiger partial charge on any atom is -0.345 e. The number of H-pyrrole nitrogens is 1. The first-order chi connectivity index (χ1) is 5.38. The smallest absolute Gasteiger partial charge is 0.121 e. The van der Waals surface area contributed by atoms with Gasteiger partial charge in [0.2, 0.25) is 0 Å². The van der Waals surface area contributed by atoms with Gasteiger partial charge in [-0.3, -0.25) is 0 Å². The van der Waals surface area contributed by atoms with Gasteiger partial charge in [-0.1, -0.05) is 0 Å². The third-order valence-corrected chi connectivity index (χ3v) is 2.27. The Morgan fingerprint density at radius 2 is 2.45 bits per heavy atom. The Balaban J connectivity index is 1.99. The summed E-state index contributed by atoms with van der Waals surface area (Å²) in [5, 5.41) is 0. The molecule has 0 bridgehead atoms. The third kappa shape index (κ3) is 1.74. The van der Waals surface area contributed by atoms with Crippen LogP contribution in [0.5, 0.6) is 0 Å². The molecular formula is C8H11ClN2. The van der Waals surface area contributed by atoms with Crippen LogP contribution in [0.4, 0.5) is 0 Å². The van der Waals surface area contributed by atoms with Crippen molar-refractivity contribution in [3.63, 3.8) is 0 Å². The van der Waals surface area contributed by atoms with Gasteiger partial charge >= 0.3 is 0 Å². The molecule has 2 nitrogen and oxygen atoms in total. The lowest BCUT2D eigenvalue weighted by molar-refractivity contribution is 0.808. The molecule has 1 saturated carbocycles. The van der Waals surface area contributed by atoms with Crippen molar-refractivity contribution in [3.05, 3.63) is 17.7 Å². The SMILES string of the molecule is ClCc1ncc(CC2CC2)[nH]1. The van der Waals surface area contributed by atoms with Crippen LogP contribution in [-0.2, 0) is 12.3 Å². The number of halogens is 1. The van der Waals surface area contributed by atoms with Crippen LogP contribution in [0.25, 0.3) is 0 Å². The lowest BCUT2D eigenvalue weighted by atomic mass is 10.2. The molecule has 1 aromatic rings. The van der Waals surface area contributed by atoms with Crippen molar-refractivity contribution < 1.29 is 0 Å². The molecule has 1 aliphatic carbocycles. The van der Waals surface area contributed by atoms with E-state index in [4.69, 9.17) is 11.6 Å². The zero-order valence-electron chi connectivity index (χ0n) is 6.31. The molecule has 1 heterocycles. The van der Waals surface area contributed by atoms with Gasteiger partial charge in [0, 0.05) is 11.9 Å². The Kier molecular flexibility index (Phi) is 1.86. The first-order valence-corrected chi connectivity index (χ1v) is 4.50. The monoisotopic (exact) mass is 170 g/mol. The first kappa shape index (κ1) is 7.17. The van der Waals surface area contributed by atoms with Crippen molar-refractivity contribution in [1.82, 2.24) is 9.97 Å². The average Bonchev–Trinajstić information content (AvgIpc) is 2.68. The van der Waals surface area contributed by atoms with Crippen LogP contribution < -0.4 is 0 Å². The van der Waals surface area contributed by atoms with E-state index < -0.39 is 0 Å². The first-order valence-electron chi connectivity index (χ1n) is 3.97. The molecule has 0 radical (unpaired) electrons. The molecule has 0 saturated heterocycles. The fourth-order valence-corrected chi connectivity index (χ4v) is 1.35. The standard InChI is InChI=1S/C8H11ClN2/c9-4-8-10-5-7(11-8)3-6-1-2-6/h5-6H,1-4H2,(H,10,11). The van der Waals surface area contributed by atoms with Crippen LogP contribution >= 0.6 is 11.6 Å². The van der Waals surface area contributed by atoms with Crippen molar-refractivity contribution in [2.75, 3.05) is 0 Å². The second kappa shape index (κ2) is 2.86. The van der Waals surface area contributed by atoms with Gasteiger partial charge in [0.15, 0.2) is 0 Å². The van der Waals surface area contributed by atoms with Gasteiger partial charge in [-0.25, -0.2) is 4.98 Å². The number of aromatic amines is 1. The second-order valence-corrected chi connectivity index (χ2v) is 3.40. The van der Waals surface area contributed by atoms with Crippen molar-refractivity contribution >= 4 is 11.6 Å². The van der Waals surface area contributed by atoms with E-state index in [9.17, 15) is 0 Å². The molecule has 0 aliphatic heterocycles. The van der Waals surface area contributed by atoms with Gasteiger partial charge in [0.25, 0.3) is 0 Å². The summed E-state index contributed by atoms with van der Waals surface area (Å²) in [6.07, 6.45) is 5.82. The Morgan fingerprint density at radius 3 is 3.00 bits per heavy atom. The molecule has 0 spiro atoms. The van der Waals surface area contributed by atoms with Gasteiger partial charge in [-0.2, -0.15) is 0 Å². The molecule has 0 unspecified atom stereocenters. The summed E-state index contributed by atoms with van der Waals surface area (Å²) in [6, 6.07) is 0. The number of rotatable bonds is 3. The number of nitrogens with zero attached hydrogens (tertiary/aromatic N) is 1. The number of nitrogens with one attached hydrogen (secondary N) is 1. The third-order valence-electron chi connectivity index (χ3n) is 2.01. The van der Waals surface area contributed by atoms with E-state index in [1.165, 1.54) is 18.5 Å². The van der Waals surface area contributed by atoms with Crippen molar-refractivity contribution in [3.8, 4) is 0 Å². The fourth-order valence-electron chi connectivity index (χ4n) is 1.21. The van der Waals surface area contributed by atoms with E-state index in [1.54, 1.807) is 0 Å².